The molecule has 3 heteroatoms. The second-order valence-corrected chi connectivity index (χ2v) is 4.04. The lowest BCUT2D eigenvalue weighted by atomic mass is 10.1. The zero-order valence-electron chi connectivity index (χ0n) is 8.48. The van der Waals surface area contributed by atoms with Crippen LogP contribution in [0.25, 0.3) is 0 Å². The predicted octanol–water partition coefficient (Wildman–Crippen LogP) is 1.36. The third-order valence-corrected chi connectivity index (χ3v) is 3.21. The molecule has 1 saturated heterocycles. The van der Waals surface area contributed by atoms with Crippen molar-refractivity contribution in [1.29, 1.82) is 0 Å². The summed E-state index contributed by atoms with van der Waals surface area (Å²) in [6.07, 6.45) is 1.87. The molecule has 2 aliphatic heterocycles. The summed E-state index contributed by atoms with van der Waals surface area (Å²) in [6.45, 7) is 1.52. The maximum atomic E-state index is 11.5. The summed E-state index contributed by atoms with van der Waals surface area (Å²) >= 11 is 0. The van der Waals surface area contributed by atoms with Crippen LogP contribution in [0.1, 0.15) is 12.0 Å². The van der Waals surface area contributed by atoms with E-state index in [1.165, 1.54) is 11.3 Å². The van der Waals surface area contributed by atoms with Gasteiger partial charge in [0, 0.05) is 18.7 Å². The molecule has 2 aliphatic rings. The Labute approximate surface area is 88.6 Å². The zero-order valence-corrected chi connectivity index (χ0v) is 8.48. The first-order valence-electron chi connectivity index (χ1n) is 5.37. The highest BCUT2D eigenvalue weighted by atomic mass is 16.5. The van der Waals surface area contributed by atoms with Crippen LogP contribution in [0.2, 0.25) is 0 Å². The number of benzene rings is 1. The van der Waals surface area contributed by atoms with Gasteiger partial charge < -0.3 is 9.64 Å². The molecule has 0 aromatic heterocycles. The van der Waals surface area contributed by atoms with Crippen LogP contribution in [-0.2, 0) is 16.0 Å². The lowest BCUT2D eigenvalue weighted by Crippen LogP contribution is -2.37. The van der Waals surface area contributed by atoms with Gasteiger partial charge in [-0.3, -0.25) is 0 Å². The Morgan fingerprint density at radius 3 is 3.00 bits per heavy atom. The van der Waals surface area contributed by atoms with Crippen LogP contribution in [0.3, 0.4) is 0 Å². The van der Waals surface area contributed by atoms with Crippen LogP contribution in [0, 0.1) is 0 Å². The van der Waals surface area contributed by atoms with Gasteiger partial charge in [-0.2, -0.15) is 0 Å². The maximum absolute atomic E-state index is 11.5. The normalized spacial score (nSPS) is 24.1. The predicted molar refractivity (Wildman–Crippen MR) is 56.9 cm³/mol. The minimum atomic E-state index is -0.0632. The molecule has 0 saturated carbocycles. The largest absolute Gasteiger partial charge is 0.464 e. The first kappa shape index (κ1) is 8.77. The van der Waals surface area contributed by atoms with Gasteiger partial charge >= 0.3 is 5.97 Å². The summed E-state index contributed by atoms with van der Waals surface area (Å²) in [5.41, 5.74) is 2.55. The number of rotatable bonds is 1. The van der Waals surface area contributed by atoms with Gasteiger partial charge in [-0.1, -0.05) is 18.2 Å². The molecule has 1 fully saturated rings. The summed E-state index contributed by atoms with van der Waals surface area (Å²) in [6, 6.07) is 8.25. The number of hydrogen-bond donors (Lipinski definition) is 0. The van der Waals surface area contributed by atoms with Crippen molar-refractivity contribution in [2.45, 2.75) is 18.9 Å². The Morgan fingerprint density at radius 2 is 2.20 bits per heavy atom. The van der Waals surface area contributed by atoms with Crippen molar-refractivity contribution in [3.63, 3.8) is 0 Å². The number of carbonyl (C=O) groups is 1. The summed E-state index contributed by atoms with van der Waals surface area (Å²) in [5, 5.41) is 0. The van der Waals surface area contributed by atoms with Crippen molar-refractivity contribution in [3.05, 3.63) is 29.8 Å². The number of cyclic esters (lactones) is 1. The molecule has 0 spiro atoms. The standard InChI is InChI=1S/C12H13NO2/c14-12-11(6-8-15-12)13-7-5-9-3-1-2-4-10(9)13/h1-4,11H,5-8H2/t11-/m0/s1. The number of fused-ring (bicyclic) bond motifs is 1. The SMILES string of the molecule is O=C1OCC[C@@H]1N1CCc2ccccc21. The van der Waals surface area contributed by atoms with E-state index in [0.29, 0.717) is 6.61 Å². The Morgan fingerprint density at radius 1 is 1.33 bits per heavy atom. The number of para-hydroxylation sites is 1. The van der Waals surface area contributed by atoms with Crippen LogP contribution in [0.15, 0.2) is 24.3 Å². The van der Waals surface area contributed by atoms with Crippen LogP contribution in [0.4, 0.5) is 5.69 Å². The monoisotopic (exact) mass is 203 g/mol. The topological polar surface area (TPSA) is 29.5 Å². The molecule has 1 aromatic carbocycles. The van der Waals surface area contributed by atoms with Gasteiger partial charge in [0.1, 0.15) is 6.04 Å². The second-order valence-electron chi connectivity index (χ2n) is 4.04. The van der Waals surface area contributed by atoms with Crippen molar-refractivity contribution in [2.24, 2.45) is 0 Å². The maximum Gasteiger partial charge on any atom is 0.328 e. The fraction of sp³-hybridized carbons (Fsp3) is 0.417. The van der Waals surface area contributed by atoms with E-state index >= 15 is 0 Å². The molecule has 1 atom stereocenters. The lowest BCUT2D eigenvalue weighted by molar-refractivity contribution is -0.139. The highest BCUT2D eigenvalue weighted by molar-refractivity contribution is 5.82. The van der Waals surface area contributed by atoms with Crippen molar-refractivity contribution in [2.75, 3.05) is 18.1 Å². The highest BCUT2D eigenvalue weighted by Gasteiger charge is 2.35. The Balaban J connectivity index is 1.93. The zero-order chi connectivity index (χ0) is 10.3. The van der Waals surface area contributed by atoms with Gasteiger partial charge in [0.25, 0.3) is 0 Å². The van der Waals surface area contributed by atoms with Gasteiger partial charge in [-0.05, 0) is 18.1 Å². The molecule has 3 nitrogen and oxygen atoms in total. The van der Waals surface area contributed by atoms with Crippen LogP contribution in [0.5, 0.6) is 0 Å². The Bertz CT molecular complexity index is 402. The number of anilines is 1. The minimum Gasteiger partial charge on any atom is -0.464 e. The quantitative estimate of drug-likeness (QED) is 0.645. The second kappa shape index (κ2) is 3.26. The van der Waals surface area contributed by atoms with Crippen molar-refractivity contribution in [3.8, 4) is 0 Å². The van der Waals surface area contributed by atoms with Gasteiger partial charge in [-0.25, -0.2) is 4.79 Å². The fourth-order valence-electron chi connectivity index (χ4n) is 2.46. The average molecular weight is 203 g/mol. The molecule has 2 heterocycles. The summed E-state index contributed by atoms with van der Waals surface area (Å²) in [4.78, 5) is 13.7. The minimum absolute atomic E-state index is 0.0475. The first-order chi connectivity index (χ1) is 7.36. The average Bonchev–Trinajstić information content (AvgIpc) is 2.83. The van der Waals surface area contributed by atoms with Crippen molar-refractivity contribution >= 4 is 11.7 Å². The first-order valence-corrected chi connectivity index (χ1v) is 5.37. The smallest absolute Gasteiger partial charge is 0.328 e. The van der Waals surface area contributed by atoms with Crippen LogP contribution >= 0.6 is 0 Å². The van der Waals surface area contributed by atoms with Gasteiger partial charge in [-0.15, -0.1) is 0 Å². The molecule has 0 N–H and O–H groups in total. The Kier molecular flexibility index (Phi) is 1.91. The number of hydrogen-bond acceptors (Lipinski definition) is 3. The molecule has 15 heavy (non-hydrogen) atoms. The van der Waals surface area contributed by atoms with E-state index in [9.17, 15) is 4.79 Å². The van der Waals surface area contributed by atoms with Gasteiger partial charge in [0.2, 0.25) is 0 Å². The number of esters is 1. The van der Waals surface area contributed by atoms with E-state index in [0.717, 1.165) is 19.4 Å². The summed E-state index contributed by atoms with van der Waals surface area (Å²) in [5.74, 6) is -0.0632. The van der Waals surface area contributed by atoms with E-state index in [4.69, 9.17) is 4.74 Å². The molecule has 0 unspecified atom stereocenters. The molecule has 0 bridgehead atoms. The van der Waals surface area contributed by atoms with E-state index in [2.05, 4.69) is 23.1 Å². The fourth-order valence-corrected chi connectivity index (χ4v) is 2.46. The molecule has 78 valence electrons. The summed E-state index contributed by atoms with van der Waals surface area (Å²) in [7, 11) is 0. The van der Waals surface area contributed by atoms with Gasteiger partial charge in [0.05, 0.1) is 6.61 Å². The third-order valence-electron chi connectivity index (χ3n) is 3.21. The Hall–Kier alpha value is -1.51. The van der Waals surface area contributed by atoms with E-state index in [1.807, 2.05) is 6.07 Å². The van der Waals surface area contributed by atoms with Crippen molar-refractivity contribution in [1.82, 2.24) is 0 Å². The van der Waals surface area contributed by atoms with E-state index < -0.39 is 0 Å². The lowest BCUT2D eigenvalue weighted by Gasteiger charge is -2.23. The third kappa shape index (κ3) is 1.30. The van der Waals surface area contributed by atoms with Crippen LogP contribution < -0.4 is 4.90 Å². The molecular formula is C12H13NO2. The molecule has 1 aromatic rings. The van der Waals surface area contributed by atoms with Gasteiger partial charge in [0.15, 0.2) is 0 Å². The molecule has 0 radical (unpaired) electrons. The van der Waals surface area contributed by atoms with Crippen LogP contribution in [-0.4, -0.2) is 25.2 Å². The number of carbonyl (C=O) groups excluding carboxylic acids is 1. The molecule has 0 aliphatic carbocycles. The molecule has 0 amide bonds. The number of ether oxygens (including phenoxy) is 1. The van der Waals surface area contributed by atoms with E-state index in [-0.39, 0.29) is 12.0 Å². The summed E-state index contributed by atoms with van der Waals surface area (Å²) < 4.78 is 5.01. The number of nitrogens with zero attached hydrogens (tertiary/aromatic N) is 1. The molecular weight excluding hydrogens is 190 g/mol. The van der Waals surface area contributed by atoms with E-state index in [1.54, 1.807) is 0 Å². The van der Waals surface area contributed by atoms with Crippen molar-refractivity contribution < 1.29 is 9.53 Å². The molecule has 3 rings (SSSR count). The highest BCUT2D eigenvalue weighted by Crippen LogP contribution is 2.31.